The summed E-state index contributed by atoms with van der Waals surface area (Å²) < 4.78 is 12.5. The second-order valence-electron chi connectivity index (χ2n) is 3.30. The first-order chi connectivity index (χ1) is 8.11. The summed E-state index contributed by atoms with van der Waals surface area (Å²) in [5.74, 6) is -0.251. The number of aromatic nitrogens is 1. The number of hydrogen-bond donors (Lipinski definition) is 2. The SMILES string of the molecule is CNC(=O)CC(=N)CC=Nc1ccc(F)cn1. The first-order valence-corrected chi connectivity index (χ1v) is 5.02. The first-order valence-electron chi connectivity index (χ1n) is 5.02. The van der Waals surface area contributed by atoms with Gasteiger partial charge in [0.1, 0.15) is 5.82 Å². The molecule has 5 nitrogen and oxygen atoms in total. The molecule has 0 spiro atoms. The van der Waals surface area contributed by atoms with E-state index in [9.17, 15) is 9.18 Å². The van der Waals surface area contributed by atoms with E-state index >= 15 is 0 Å². The molecule has 90 valence electrons. The van der Waals surface area contributed by atoms with Crippen LogP contribution in [0.4, 0.5) is 10.2 Å². The fourth-order valence-electron chi connectivity index (χ4n) is 1.05. The standard InChI is InChI=1S/C11H13FN4O/c1-14-11(17)6-9(13)4-5-15-10-3-2-8(12)7-16-10/h2-3,5,7,13H,4,6H2,1H3,(H,14,17). The molecule has 2 N–H and O–H groups in total. The van der Waals surface area contributed by atoms with Crippen LogP contribution in [0, 0.1) is 11.2 Å². The Balaban J connectivity index is 2.42. The zero-order chi connectivity index (χ0) is 12.7. The van der Waals surface area contributed by atoms with Crippen molar-refractivity contribution in [3.63, 3.8) is 0 Å². The highest BCUT2D eigenvalue weighted by atomic mass is 19.1. The van der Waals surface area contributed by atoms with Crippen molar-refractivity contribution in [2.75, 3.05) is 7.05 Å². The molecule has 1 aromatic heterocycles. The van der Waals surface area contributed by atoms with Crippen LogP contribution in [0.1, 0.15) is 12.8 Å². The van der Waals surface area contributed by atoms with Crippen molar-refractivity contribution >= 4 is 23.7 Å². The fraction of sp³-hybridized carbons (Fsp3) is 0.273. The van der Waals surface area contributed by atoms with Crippen LogP contribution < -0.4 is 5.32 Å². The molecule has 0 aromatic carbocycles. The molecule has 17 heavy (non-hydrogen) atoms. The van der Waals surface area contributed by atoms with Crippen LogP contribution in [0.5, 0.6) is 0 Å². The second-order valence-corrected chi connectivity index (χ2v) is 3.30. The van der Waals surface area contributed by atoms with E-state index in [1.54, 1.807) is 0 Å². The predicted molar refractivity (Wildman–Crippen MR) is 63.4 cm³/mol. The van der Waals surface area contributed by atoms with Gasteiger partial charge >= 0.3 is 0 Å². The monoisotopic (exact) mass is 236 g/mol. The maximum Gasteiger partial charge on any atom is 0.225 e. The number of halogens is 1. The molecular formula is C11H13FN4O. The Kier molecular flexibility index (Phi) is 4.93. The molecule has 0 radical (unpaired) electrons. The molecule has 1 rings (SSSR count). The average Bonchev–Trinajstić information content (AvgIpc) is 2.31. The van der Waals surface area contributed by atoms with Crippen molar-refractivity contribution in [3.05, 3.63) is 24.1 Å². The summed E-state index contributed by atoms with van der Waals surface area (Å²) in [5, 5.41) is 9.92. The fourth-order valence-corrected chi connectivity index (χ4v) is 1.05. The molecule has 0 aliphatic rings. The van der Waals surface area contributed by atoms with Crippen LogP contribution in [0.15, 0.2) is 23.3 Å². The molecular weight excluding hydrogens is 223 g/mol. The van der Waals surface area contributed by atoms with Crippen LogP contribution in [0.25, 0.3) is 0 Å². The van der Waals surface area contributed by atoms with Crippen molar-refractivity contribution in [1.82, 2.24) is 10.3 Å². The molecule has 6 heteroatoms. The molecule has 1 aromatic rings. The van der Waals surface area contributed by atoms with Gasteiger partial charge in [-0.2, -0.15) is 0 Å². The number of aliphatic imine (C=N–C) groups is 1. The second kappa shape index (κ2) is 6.47. The lowest BCUT2D eigenvalue weighted by Crippen LogP contribution is -2.20. The maximum atomic E-state index is 12.5. The van der Waals surface area contributed by atoms with Gasteiger partial charge < -0.3 is 10.7 Å². The molecule has 0 aliphatic carbocycles. The van der Waals surface area contributed by atoms with Crippen molar-refractivity contribution in [3.8, 4) is 0 Å². The third-order valence-corrected chi connectivity index (χ3v) is 1.93. The number of nitrogens with zero attached hydrogens (tertiary/aromatic N) is 2. The Morgan fingerprint density at radius 3 is 3.00 bits per heavy atom. The zero-order valence-electron chi connectivity index (χ0n) is 9.40. The molecule has 0 fully saturated rings. The Morgan fingerprint density at radius 2 is 2.41 bits per heavy atom. The minimum absolute atomic E-state index is 0.0549. The van der Waals surface area contributed by atoms with E-state index in [0.717, 1.165) is 6.20 Å². The number of pyridine rings is 1. The van der Waals surface area contributed by atoms with Crippen molar-refractivity contribution in [1.29, 1.82) is 5.41 Å². The summed E-state index contributed by atoms with van der Waals surface area (Å²) in [6.45, 7) is 0. The summed E-state index contributed by atoms with van der Waals surface area (Å²) in [5.41, 5.74) is 0.259. The molecule has 0 saturated heterocycles. The lowest BCUT2D eigenvalue weighted by molar-refractivity contribution is -0.119. The highest BCUT2D eigenvalue weighted by molar-refractivity contribution is 6.04. The van der Waals surface area contributed by atoms with Gasteiger partial charge in [-0.25, -0.2) is 14.4 Å². The van der Waals surface area contributed by atoms with E-state index in [-0.39, 0.29) is 24.5 Å². The minimum Gasteiger partial charge on any atom is -0.359 e. The molecule has 1 heterocycles. The van der Waals surface area contributed by atoms with E-state index < -0.39 is 5.82 Å². The van der Waals surface area contributed by atoms with Crippen molar-refractivity contribution in [2.45, 2.75) is 12.8 Å². The van der Waals surface area contributed by atoms with E-state index in [1.807, 2.05) is 0 Å². The highest BCUT2D eigenvalue weighted by Gasteiger charge is 2.02. The topological polar surface area (TPSA) is 78.2 Å². The van der Waals surface area contributed by atoms with Gasteiger partial charge in [0, 0.05) is 25.4 Å². The molecule has 0 bridgehead atoms. The third-order valence-electron chi connectivity index (χ3n) is 1.93. The normalized spacial score (nSPS) is 10.5. The lowest BCUT2D eigenvalue weighted by Gasteiger charge is -1.98. The molecule has 0 atom stereocenters. The number of carbonyl (C=O) groups excluding carboxylic acids is 1. The third kappa shape index (κ3) is 4.96. The summed E-state index contributed by atoms with van der Waals surface area (Å²) in [4.78, 5) is 18.6. The zero-order valence-corrected chi connectivity index (χ0v) is 9.40. The summed E-state index contributed by atoms with van der Waals surface area (Å²) >= 11 is 0. The van der Waals surface area contributed by atoms with Gasteiger partial charge in [0.2, 0.25) is 5.91 Å². The minimum atomic E-state index is -0.420. The van der Waals surface area contributed by atoms with Crippen molar-refractivity contribution in [2.24, 2.45) is 4.99 Å². The van der Waals surface area contributed by atoms with E-state index in [4.69, 9.17) is 5.41 Å². The molecule has 0 saturated carbocycles. The Hall–Kier alpha value is -2.11. The van der Waals surface area contributed by atoms with Gasteiger partial charge in [-0.3, -0.25) is 4.79 Å². The maximum absolute atomic E-state index is 12.5. The molecule has 0 unspecified atom stereocenters. The van der Waals surface area contributed by atoms with E-state index in [1.165, 1.54) is 25.4 Å². The first kappa shape index (κ1) is 13.0. The summed E-state index contributed by atoms with van der Waals surface area (Å²) in [6.07, 6.45) is 2.87. The van der Waals surface area contributed by atoms with Gasteiger partial charge in [0.15, 0.2) is 5.82 Å². The smallest absolute Gasteiger partial charge is 0.225 e. The number of nitrogens with one attached hydrogen (secondary N) is 2. The van der Waals surface area contributed by atoms with Gasteiger partial charge in [-0.15, -0.1) is 0 Å². The Bertz CT molecular complexity index is 428. The Morgan fingerprint density at radius 1 is 1.65 bits per heavy atom. The highest BCUT2D eigenvalue weighted by Crippen LogP contribution is 2.06. The van der Waals surface area contributed by atoms with Gasteiger partial charge in [-0.05, 0) is 12.1 Å². The number of rotatable bonds is 5. The quantitative estimate of drug-likeness (QED) is 0.759. The van der Waals surface area contributed by atoms with Gasteiger partial charge in [0.05, 0.1) is 12.6 Å². The number of amides is 1. The van der Waals surface area contributed by atoms with Crippen LogP contribution in [-0.4, -0.2) is 29.9 Å². The van der Waals surface area contributed by atoms with E-state index in [0.29, 0.717) is 5.82 Å². The number of carbonyl (C=O) groups is 1. The van der Waals surface area contributed by atoms with Crippen LogP contribution in [0.3, 0.4) is 0 Å². The summed E-state index contributed by atoms with van der Waals surface area (Å²) in [6, 6.07) is 2.70. The number of hydrogen-bond acceptors (Lipinski definition) is 4. The molecule has 1 amide bonds. The van der Waals surface area contributed by atoms with Crippen LogP contribution in [-0.2, 0) is 4.79 Å². The van der Waals surface area contributed by atoms with Crippen LogP contribution in [0.2, 0.25) is 0 Å². The molecule has 0 aliphatic heterocycles. The average molecular weight is 236 g/mol. The van der Waals surface area contributed by atoms with Gasteiger partial charge in [-0.1, -0.05) is 0 Å². The Labute approximate surface area is 98.3 Å². The van der Waals surface area contributed by atoms with E-state index in [2.05, 4.69) is 15.3 Å². The largest absolute Gasteiger partial charge is 0.359 e. The lowest BCUT2D eigenvalue weighted by atomic mass is 10.2. The van der Waals surface area contributed by atoms with Gasteiger partial charge in [0.25, 0.3) is 0 Å². The van der Waals surface area contributed by atoms with Crippen LogP contribution >= 0.6 is 0 Å². The van der Waals surface area contributed by atoms with Crippen molar-refractivity contribution < 1.29 is 9.18 Å². The summed E-state index contributed by atoms with van der Waals surface area (Å²) in [7, 11) is 1.52. The predicted octanol–water partition coefficient (Wildman–Crippen LogP) is 1.47.